The third-order valence-electron chi connectivity index (χ3n) is 2.46. The van der Waals surface area contributed by atoms with Crippen LogP contribution in [0.5, 0.6) is 5.75 Å². The minimum Gasteiger partial charge on any atom is -0.480 e. The van der Waals surface area contributed by atoms with Crippen molar-refractivity contribution < 1.29 is 23.8 Å². The van der Waals surface area contributed by atoms with Crippen molar-refractivity contribution >= 4 is 11.9 Å². The van der Waals surface area contributed by atoms with Gasteiger partial charge in [0, 0.05) is 13.0 Å². The number of nitrogens with one attached hydrogen (secondary N) is 1. The number of amides is 1. The highest BCUT2D eigenvalue weighted by Gasteiger charge is 2.28. The number of rotatable bonds is 3. The maximum absolute atomic E-state index is 13.3. The Bertz CT molecular complexity index is 475. The fourth-order valence-corrected chi connectivity index (χ4v) is 1.65. The van der Waals surface area contributed by atoms with E-state index in [2.05, 4.69) is 5.32 Å². The molecule has 1 atom stereocenters. The van der Waals surface area contributed by atoms with Gasteiger partial charge in [-0.1, -0.05) is 6.07 Å². The molecule has 2 N–H and O–H groups in total. The normalized spacial score (nSPS) is 18.9. The summed E-state index contributed by atoms with van der Waals surface area (Å²) in [5.74, 6) is -2.74. The topological polar surface area (TPSA) is 75.6 Å². The first-order chi connectivity index (χ1) is 8.09. The molecule has 0 spiro atoms. The second-order valence-electron chi connectivity index (χ2n) is 3.60. The molecule has 90 valence electrons. The van der Waals surface area contributed by atoms with Crippen molar-refractivity contribution in [2.24, 2.45) is 0 Å². The Kier molecular flexibility index (Phi) is 2.95. The maximum atomic E-state index is 13.3. The quantitative estimate of drug-likeness (QED) is 0.817. The molecular formula is C11H10FNO4. The lowest BCUT2D eigenvalue weighted by Crippen LogP contribution is -2.28. The predicted octanol–water partition coefficient (Wildman–Crippen LogP) is 0.791. The molecule has 2 rings (SSSR count). The molecule has 0 aliphatic carbocycles. The van der Waals surface area contributed by atoms with Crippen LogP contribution in [0.25, 0.3) is 0 Å². The first kappa shape index (κ1) is 11.4. The summed E-state index contributed by atoms with van der Waals surface area (Å²) in [5, 5.41) is 11.4. The largest absolute Gasteiger partial charge is 0.480 e. The first-order valence-electron chi connectivity index (χ1n) is 5.06. The lowest BCUT2D eigenvalue weighted by atomic mass is 10.2. The van der Waals surface area contributed by atoms with E-state index in [1.165, 1.54) is 12.1 Å². The van der Waals surface area contributed by atoms with Crippen molar-refractivity contribution in [1.29, 1.82) is 0 Å². The van der Waals surface area contributed by atoms with Crippen LogP contribution in [0.15, 0.2) is 18.2 Å². The molecule has 1 aliphatic rings. The van der Waals surface area contributed by atoms with Crippen LogP contribution in [0.1, 0.15) is 16.8 Å². The third-order valence-corrected chi connectivity index (χ3v) is 2.46. The van der Waals surface area contributed by atoms with Crippen molar-refractivity contribution in [2.45, 2.75) is 12.5 Å². The lowest BCUT2D eigenvalue weighted by Gasteiger charge is -2.13. The molecule has 1 fully saturated rings. The standard InChI is InChI=1S/C11H10FNO4/c12-6-2-1-3-7(9(6)11(15)16)17-8-4-5-13-10(8)14/h1-3,8H,4-5H2,(H,13,14)(H,15,16). The molecular weight excluding hydrogens is 229 g/mol. The maximum Gasteiger partial charge on any atom is 0.342 e. The first-order valence-corrected chi connectivity index (χ1v) is 5.06. The Hall–Kier alpha value is -2.11. The smallest absolute Gasteiger partial charge is 0.342 e. The Morgan fingerprint density at radius 2 is 2.29 bits per heavy atom. The van der Waals surface area contributed by atoms with Gasteiger partial charge in [-0.3, -0.25) is 4.79 Å². The van der Waals surface area contributed by atoms with Gasteiger partial charge in [0.15, 0.2) is 6.10 Å². The van der Waals surface area contributed by atoms with Crippen LogP contribution >= 0.6 is 0 Å². The van der Waals surface area contributed by atoms with Crippen LogP contribution in [0.4, 0.5) is 4.39 Å². The van der Waals surface area contributed by atoms with Gasteiger partial charge in [-0.25, -0.2) is 9.18 Å². The molecule has 0 aromatic heterocycles. The second kappa shape index (κ2) is 4.40. The van der Waals surface area contributed by atoms with E-state index in [0.717, 1.165) is 6.07 Å². The lowest BCUT2D eigenvalue weighted by molar-refractivity contribution is -0.124. The average Bonchev–Trinajstić information content (AvgIpc) is 2.64. The zero-order chi connectivity index (χ0) is 12.4. The van der Waals surface area contributed by atoms with Crippen molar-refractivity contribution in [3.8, 4) is 5.75 Å². The van der Waals surface area contributed by atoms with Gasteiger partial charge in [0.25, 0.3) is 5.91 Å². The summed E-state index contributed by atoms with van der Waals surface area (Å²) >= 11 is 0. The van der Waals surface area contributed by atoms with Gasteiger partial charge >= 0.3 is 5.97 Å². The summed E-state index contributed by atoms with van der Waals surface area (Å²) in [6, 6.07) is 3.70. The van der Waals surface area contributed by atoms with Gasteiger partial charge in [-0.2, -0.15) is 0 Å². The zero-order valence-corrected chi connectivity index (χ0v) is 8.77. The summed E-state index contributed by atoms with van der Waals surface area (Å²) in [6.07, 6.45) is -0.316. The number of carbonyl (C=O) groups is 2. The molecule has 1 heterocycles. The predicted molar refractivity (Wildman–Crippen MR) is 55.4 cm³/mol. The van der Waals surface area contributed by atoms with E-state index in [-0.39, 0.29) is 11.7 Å². The highest BCUT2D eigenvalue weighted by Crippen LogP contribution is 2.24. The Morgan fingerprint density at radius 3 is 2.88 bits per heavy atom. The Morgan fingerprint density at radius 1 is 1.53 bits per heavy atom. The molecule has 1 aromatic rings. The molecule has 17 heavy (non-hydrogen) atoms. The van der Waals surface area contributed by atoms with Crippen molar-refractivity contribution in [3.05, 3.63) is 29.6 Å². The van der Waals surface area contributed by atoms with Crippen molar-refractivity contribution in [3.63, 3.8) is 0 Å². The molecule has 1 amide bonds. The number of hydrogen-bond acceptors (Lipinski definition) is 3. The zero-order valence-electron chi connectivity index (χ0n) is 8.77. The van der Waals surface area contributed by atoms with E-state index in [0.29, 0.717) is 13.0 Å². The van der Waals surface area contributed by atoms with E-state index >= 15 is 0 Å². The Labute approximate surface area is 96.2 Å². The van der Waals surface area contributed by atoms with Gasteiger partial charge in [0.05, 0.1) is 0 Å². The average molecular weight is 239 g/mol. The molecule has 0 saturated carbocycles. The SMILES string of the molecule is O=C(O)c1c(F)cccc1OC1CCNC1=O. The fourth-order valence-electron chi connectivity index (χ4n) is 1.65. The van der Waals surface area contributed by atoms with Gasteiger partial charge in [-0.15, -0.1) is 0 Å². The minimum atomic E-state index is -1.42. The van der Waals surface area contributed by atoms with Crippen LogP contribution in [0.3, 0.4) is 0 Å². The van der Waals surface area contributed by atoms with Gasteiger partial charge in [0.1, 0.15) is 17.1 Å². The molecule has 1 aliphatic heterocycles. The minimum absolute atomic E-state index is 0.125. The molecule has 1 saturated heterocycles. The van der Waals surface area contributed by atoms with Crippen LogP contribution in [0.2, 0.25) is 0 Å². The number of benzene rings is 1. The third kappa shape index (κ3) is 2.20. The highest BCUT2D eigenvalue weighted by molar-refractivity contribution is 5.91. The molecule has 0 radical (unpaired) electrons. The van der Waals surface area contributed by atoms with Crippen LogP contribution in [-0.2, 0) is 4.79 Å². The monoisotopic (exact) mass is 239 g/mol. The molecule has 5 nitrogen and oxygen atoms in total. The number of carboxylic acids is 1. The van der Waals surface area contributed by atoms with E-state index in [9.17, 15) is 14.0 Å². The van der Waals surface area contributed by atoms with E-state index in [1.54, 1.807) is 0 Å². The van der Waals surface area contributed by atoms with Crippen LogP contribution in [-0.4, -0.2) is 29.6 Å². The number of carbonyl (C=O) groups excluding carboxylic acids is 1. The summed E-state index contributed by atoms with van der Waals surface area (Å²) in [5.41, 5.74) is -0.549. The summed E-state index contributed by atoms with van der Waals surface area (Å²) in [6.45, 7) is 0.473. The van der Waals surface area contributed by atoms with Crippen LogP contribution < -0.4 is 10.1 Å². The summed E-state index contributed by atoms with van der Waals surface area (Å²) in [4.78, 5) is 22.1. The van der Waals surface area contributed by atoms with Gasteiger partial charge < -0.3 is 15.2 Å². The van der Waals surface area contributed by atoms with Crippen LogP contribution in [0, 0.1) is 5.82 Å². The second-order valence-corrected chi connectivity index (χ2v) is 3.60. The molecule has 1 unspecified atom stereocenters. The number of ether oxygens (including phenoxy) is 1. The highest BCUT2D eigenvalue weighted by atomic mass is 19.1. The number of hydrogen-bond donors (Lipinski definition) is 2. The van der Waals surface area contributed by atoms with Crippen molar-refractivity contribution in [1.82, 2.24) is 5.32 Å². The number of aromatic carboxylic acids is 1. The Balaban J connectivity index is 2.29. The molecule has 0 bridgehead atoms. The van der Waals surface area contributed by atoms with E-state index in [1.807, 2.05) is 0 Å². The number of carboxylic acid groups (broad SMARTS) is 1. The van der Waals surface area contributed by atoms with E-state index in [4.69, 9.17) is 9.84 Å². The number of halogens is 1. The van der Waals surface area contributed by atoms with E-state index < -0.39 is 23.5 Å². The van der Waals surface area contributed by atoms with Crippen molar-refractivity contribution in [2.75, 3.05) is 6.54 Å². The van der Waals surface area contributed by atoms with Gasteiger partial charge in [-0.05, 0) is 12.1 Å². The molecule has 6 heteroatoms. The molecule has 1 aromatic carbocycles. The fraction of sp³-hybridized carbons (Fsp3) is 0.273. The summed E-state index contributed by atoms with van der Waals surface area (Å²) < 4.78 is 18.5. The van der Waals surface area contributed by atoms with Gasteiger partial charge in [0.2, 0.25) is 0 Å². The summed E-state index contributed by atoms with van der Waals surface area (Å²) in [7, 11) is 0.